The van der Waals surface area contributed by atoms with E-state index >= 15 is 0 Å². The molecule has 0 saturated heterocycles. The molecule has 1 N–H and O–H groups in total. The summed E-state index contributed by atoms with van der Waals surface area (Å²) in [5.41, 5.74) is 2.01. The number of nitrogens with zero attached hydrogens (tertiary/aromatic N) is 2. The van der Waals surface area contributed by atoms with E-state index in [0.29, 0.717) is 6.54 Å². The maximum Gasteiger partial charge on any atom is 0.268 e. The number of nitrogens with one attached hydrogen (secondary N) is 1. The SMILES string of the molecule is O=c1cc(NCC2CC2)cnn1CCc1ccccc1. The Morgan fingerprint density at radius 1 is 1.25 bits per heavy atom. The first-order valence-electron chi connectivity index (χ1n) is 7.16. The van der Waals surface area contributed by atoms with Crippen LogP contribution in [0.2, 0.25) is 0 Å². The summed E-state index contributed by atoms with van der Waals surface area (Å²) >= 11 is 0. The molecule has 0 atom stereocenters. The van der Waals surface area contributed by atoms with Crippen LogP contribution in [0, 0.1) is 5.92 Å². The molecule has 0 aliphatic heterocycles. The normalized spacial score (nSPS) is 14.2. The Labute approximate surface area is 118 Å². The van der Waals surface area contributed by atoms with Crippen molar-refractivity contribution in [1.29, 1.82) is 0 Å². The molecule has 0 bridgehead atoms. The molecule has 0 spiro atoms. The van der Waals surface area contributed by atoms with Gasteiger partial charge in [-0.2, -0.15) is 5.10 Å². The van der Waals surface area contributed by atoms with Crippen molar-refractivity contribution >= 4 is 5.69 Å². The van der Waals surface area contributed by atoms with E-state index in [1.54, 1.807) is 12.3 Å². The molecule has 4 nitrogen and oxygen atoms in total. The first-order valence-corrected chi connectivity index (χ1v) is 7.16. The van der Waals surface area contributed by atoms with Crippen LogP contribution in [0.4, 0.5) is 5.69 Å². The van der Waals surface area contributed by atoms with Crippen molar-refractivity contribution in [3.05, 3.63) is 58.5 Å². The molecule has 1 saturated carbocycles. The van der Waals surface area contributed by atoms with E-state index in [0.717, 1.165) is 24.6 Å². The number of hydrogen-bond donors (Lipinski definition) is 1. The third kappa shape index (κ3) is 3.47. The molecule has 0 radical (unpaired) electrons. The standard InChI is InChI=1S/C16H19N3O/c20-16-10-15(17-11-14-6-7-14)12-18-19(16)9-8-13-4-2-1-3-5-13/h1-5,10,12,14,17H,6-9,11H2. The highest BCUT2D eigenvalue weighted by atomic mass is 16.1. The van der Waals surface area contributed by atoms with E-state index in [9.17, 15) is 4.79 Å². The zero-order chi connectivity index (χ0) is 13.8. The smallest absolute Gasteiger partial charge is 0.268 e. The van der Waals surface area contributed by atoms with Crippen molar-refractivity contribution in [2.75, 3.05) is 11.9 Å². The summed E-state index contributed by atoms with van der Waals surface area (Å²) in [7, 11) is 0. The van der Waals surface area contributed by atoms with Crippen LogP contribution in [0.5, 0.6) is 0 Å². The van der Waals surface area contributed by atoms with E-state index in [1.807, 2.05) is 18.2 Å². The second kappa shape index (κ2) is 5.90. The molecule has 0 amide bonds. The summed E-state index contributed by atoms with van der Waals surface area (Å²) in [5, 5.41) is 7.51. The summed E-state index contributed by atoms with van der Waals surface area (Å²) < 4.78 is 1.52. The van der Waals surface area contributed by atoms with Crippen molar-refractivity contribution in [2.24, 2.45) is 5.92 Å². The van der Waals surface area contributed by atoms with Gasteiger partial charge in [0.1, 0.15) is 0 Å². The topological polar surface area (TPSA) is 46.9 Å². The predicted octanol–water partition coefficient (Wildman–Crippen LogP) is 2.31. The van der Waals surface area contributed by atoms with Gasteiger partial charge in [0.05, 0.1) is 11.9 Å². The Morgan fingerprint density at radius 3 is 2.75 bits per heavy atom. The maximum atomic E-state index is 12.0. The van der Waals surface area contributed by atoms with Crippen LogP contribution in [-0.2, 0) is 13.0 Å². The van der Waals surface area contributed by atoms with Crippen LogP contribution in [-0.4, -0.2) is 16.3 Å². The van der Waals surface area contributed by atoms with Crippen molar-refractivity contribution in [1.82, 2.24) is 9.78 Å². The van der Waals surface area contributed by atoms with Gasteiger partial charge in [-0.3, -0.25) is 4.79 Å². The van der Waals surface area contributed by atoms with Crippen molar-refractivity contribution in [3.63, 3.8) is 0 Å². The van der Waals surface area contributed by atoms with Gasteiger partial charge in [-0.1, -0.05) is 30.3 Å². The second-order valence-corrected chi connectivity index (χ2v) is 5.37. The van der Waals surface area contributed by atoms with Gasteiger partial charge in [0.25, 0.3) is 5.56 Å². The third-order valence-electron chi connectivity index (χ3n) is 3.62. The van der Waals surface area contributed by atoms with Crippen molar-refractivity contribution in [3.8, 4) is 0 Å². The number of hydrogen-bond acceptors (Lipinski definition) is 3. The zero-order valence-electron chi connectivity index (χ0n) is 11.5. The van der Waals surface area contributed by atoms with E-state index in [2.05, 4.69) is 22.5 Å². The number of aryl methyl sites for hydroxylation is 2. The molecule has 1 aromatic carbocycles. The monoisotopic (exact) mass is 269 g/mol. The Balaban J connectivity index is 1.60. The van der Waals surface area contributed by atoms with Gasteiger partial charge in [0.15, 0.2) is 0 Å². The molecule has 104 valence electrons. The average molecular weight is 269 g/mol. The largest absolute Gasteiger partial charge is 0.383 e. The number of anilines is 1. The Hall–Kier alpha value is -2.10. The molecule has 1 aliphatic rings. The third-order valence-corrected chi connectivity index (χ3v) is 3.62. The minimum Gasteiger partial charge on any atom is -0.383 e. The summed E-state index contributed by atoms with van der Waals surface area (Å²) in [5.74, 6) is 0.788. The summed E-state index contributed by atoms with van der Waals surface area (Å²) in [6.07, 6.45) is 5.17. The van der Waals surface area contributed by atoms with Gasteiger partial charge >= 0.3 is 0 Å². The van der Waals surface area contributed by atoms with Gasteiger partial charge < -0.3 is 5.32 Å². The first kappa shape index (κ1) is 12.9. The summed E-state index contributed by atoms with van der Waals surface area (Å²) in [4.78, 5) is 12.0. The van der Waals surface area contributed by atoms with Crippen LogP contribution in [0.15, 0.2) is 47.4 Å². The lowest BCUT2D eigenvalue weighted by molar-refractivity contribution is 0.578. The maximum absolute atomic E-state index is 12.0. The van der Waals surface area contributed by atoms with E-state index in [4.69, 9.17) is 0 Å². The average Bonchev–Trinajstić information content (AvgIpc) is 3.29. The Bertz CT molecular complexity index is 617. The van der Waals surface area contributed by atoms with Gasteiger partial charge in [-0.25, -0.2) is 4.68 Å². The molecule has 1 aromatic heterocycles. The molecular weight excluding hydrogens is 250 g/mol. The molecule has 1 heterocycles. The predicted molar refractivity (Wildman–Crippen MR) is 79.9 cm³/mol. The van der Waals surface area contributed by atoms with E-state index in [1.165, 1.54) is 23.1 Å². The fourth-order valence-electron chi connectivity index (χ4n) is 2.16. The van der Waals surface area contributed by atoms with E-state index < -0.39 is 0 Å². The molecule has 4 heteroatoms. The van der Waals surface area contributed by atoms with Crippen LogP contribution in [0.25, 0.3) is 0 Å². The van der Waals surface area contributed by atoms with Crippen molar-refractivity contribution < 1.29 is 0 Å². The highest BCUT2D eigenvalue weighted by Gasteiger charge is 2.20. The Morgan fingerprint density at radius 2 is 2.05 bits per heavy atom. The van der Waals surface area contributed by atoms with E-state index in [-0.39, 0.29) is 5.56 Å². The minimum absolute atomic E-state index is 0.0401. The summed E-state index contributed by atoms with van der Waals surface area (Å²) in [6, 6.07) is 11.8. The fourth-order valence-corrected chi connectivity index (χ4v) is 2.16. The minimum atomic E-state index is -0.0401. The summed E-state index contributed by atoms with van der Waals surface area (Å²) in [6.45, 7) is 1.57. The Kier molecular flexibility index (Phi) is 3.81. The van der Waals surface area contributed by atoms with Gasteiger partial charge in [-0.05, 0) is 30.7 Å². The molecule has 0 unspecified atom stereocenters. The van der Waals surface area contributed by atoms with Gasteiger partial charge in [0, 0.05) is 19.2 Å². The molecule has 3 rings (SSSR count). The quantitative estimate of drug-likeness (QED) is 0.875. The van der Waals surface area contributed by atoms with Gasteiger partial charge in [0.2, 0.25) is 0 Å². The van der Waals surface area contributed by atoms with Crippen molar-refractivity contribution in [2.45, 2.75) is 25.8 Å². The van der Waals surface area contributed by atoms with Gasteiger partial charge in [-0.15, -0.1) is 0 Å². The number of rotatable bonds is 6. The van der Waals surface area contributed by atoms with Crippen LogP contribution in [0.1, 0.15) is 18.4 Å². The second-order valence-electron chi connectivity index (χ2n) is 5.37. The molecule has 2 aromatic rings. The van der Waals surface area contributed by atoms with Crippen LogP contribution < -0.4 is 10.9 Å². The van der Waals surface area contributed by atoms with Crippen LogP contribution >= 0.6 is 0 Å². The number of benzene rings is 1. The molecular formula is C16H19N3O. The number of aromatic nitrogens is 2. The first-order chi connectivity index (χ1) is 9.81. The highest BCUT2D eigenvalue weighted by Crippen LogP contribution is 2.28. The lowest BCUT2D eigenvalue weighted by atomic mass is 10.1. The highest BCUT2D eigenvalue weighted by molar-refractivity contribution is 5.38. The fraction of sp³-hybridized carbons (Fsp3) is 0.375. The molecule has 1 fully saturated rings. The molecule has 1 aliphatic carbocycles. The molecule has 20 heavy (non-hydrogen) atoms. The zero-order valence-corrected chi connectivity index (χ0v) is 11.5. The van der Waals surface area contributed by atoms with Crippen LogP contribution in [0.3, 0.4) is 0 Å². The lowest BCUT2D eigenvalue weighted by Crippen LogP contribution is -2.23. The lowest BCUT2D eigenvalue weighted by Gasteiger charge is -2.07.